The van der Waals surface area contributed by atoms with E-state index in [0.717, 1.165) is 124 Å². The SMILES string of the molecule is CCC(O)C1CCC(N2CC(NC(=O)CNc3nccc4ccc(C)cc34)C2)CC1.CCC(O)C1CCC(N2CC(NC(=O)CNc3nccc4ccc(C)cc34)C2)CC1. The van der Waals surface area contributed by atoms with Crippen molar-refractivity contribution < 1.29 is 19.8 Å². The van der Waals surface area contributed by atoms with Crippen LogP contribution in [0.25, 0.3) is 21.5 Å². The minimum Gasteiger partial charge on any atom is -0.393 e. The van der Waals surface area contributed by atoms with Crippen LogP contribution in [0.4, 0.5) is 11.6 Å². The number of hydrogen-bond donors (Lipinski definition) is 6. The average molecular weight is 821 g/mol. The van der Waals surface area contributed by atoms with E-state index in [1.165, 1.54) is 11.1 Å². The summed E-state index contributed by atoms with van der Waals surface area (Å²) in [6.07, 6.45) is 14.1. The van der Waals surface area contributed by atoms with Crippen LogP contribution in [-0.2, 0) is 9.59 Å². The molecule has 2 unspecified atom stereocenters. The van der Waals surface area contributed by atoms with E-state index in [1.807, 2.05) is 12.1 Å². The van der Waals surface area contributed by atoms with Gasteiger partial charge in [0, 0.05) is 61.4 Å². The fraction of sp³-hybridized carbons (Fsp3) is 0.583. The Labute approximate surface area is 356 Å². The molecule has 4 aromatic rings. The number of fused-ring (bicyclic) bond motifs is 2. The van der Waals surface area contributed by atoms with Gasteiger partial charge in [-0.25, -0.2) is 9.97 Å². The van der Waals surface area contributed by atoms with Crippen LogP contribution in [0.1, 0.15) is 89.2 Å². The Morgan fingerprint density at radius 3 is 1.37 bits per heavy atom. The lowest BCUT2D eigenvalue weighted by Gasteiger charge is -2.47. The maximum Gasteiger partial charge on any atom is 0.239 e. The molecule has 12 heteroatoms. The van der Waals surface area contributed by atoms with Crippen molar-refractivity contribution in [3.05, 3.63) is 72.1 Å². The zero-order chi connectivity index (χ0) is 42.2. The van der Waals surface area contributed by atoms with Crippen molar-refractivity contribution in [3.8, 4) is 0 Å². The van der Waals surface area contributed by atoms with Crippen molar-refractivity contribution in [1.29, 1.82) is 0 Å². The van der Waals surface area contributed by atoms with Crippen LogP contribution in [0.15, 0.2) is 60.9 Å². The van der Waals surface area contributed by atoms with Crippen molar-refractivity contribution >= 4 is 45.0 Å². The number of aryl methyl sites for hydroxylation is 2. The number of aliphatic hydroxyl groups is 2. The van der Waals surface area contributed by atoms with Crippen LogP contribution in [-0.4, -0.2) is 117 Å². The second-order valence-corrected chi connectivity index (χ2v) is 18.0. The number of benzene rings is 2. The van der Waals surface area contributed by atoms with Gasteiger partial charge in [0.25, 0.3) is 0 Å². The lowest BCUT2D eigenvalue weighted by Crippen LogP contribution is -2.63. The lowest BCUT2D eigenvalue weighted by molar-refractivity contribution is -0.122. The van der Waals surface area contributed by atoms with E-state index in [0.29, 0.717) is 23.9 Å². The van der Waals surface area contributed by atoms with E-state index < -0.39 is 0 Å². The molecule has 60 heavy (non-hydrogen) atoms. The van der Waals surface area contributed by atoms with E-state index >= 15 is 0 Å². The number of rotatable bonds is 14. The first-order valence-corrected chi connectivity index (χ1v) is 22.7. The summed E-state index contributed by atoms with van der Waals surface area (Å²) in [5, 5.41) is 37.1. The Morgan fingerprint density at radius 1 is 0.617 bits per heavy atom. The predicted molar refractivity (Wildman–Crippen MR) is 241 cm³/mol. The van der Waals surface area contributed by atoms with E-state index in [-0.39, 0.29) is 49.2 Å². The van der Waals surface area contributed by atoms with Gasteiger partial charge in [0.05, 0.1) is 37.4 Å². The van der Waals surface area contributed by atoms with Crippen LogP contribution in [0.2, 0.25) is 0 Å². The Bertz CT molecular complexity index is 1890. The predicted octanol–water partition coefficient (Wildman–Crippen LogP) is 6.17. The number of nitrogens with zero attached hydrogens (tertiary/aromatic N) is 4. The molecular formula is C48H68N8O4. The van der Waals surface area contributed by atoms with E-state index in [9.17, 15) is 19.8 Å². The van der Waals surface area contributed by atoms with E-state index in [2.05, 4.69) is 105 Å². The fourth-order valence-corrected chi connectivity index (χ4v) is 9.91. The summed E-state index contributed by atoms with van der Waals surface area (Å²) in [4.78, 5) is 38.6. The molecule has 4 fully saturated rings. The number of anilines is 2. The van der Waals surface area contributed by atoms with Gasteiger partial charge in [0.2, 0.25) is 11.8 Å². The van der Waals surface area contributed by atoms with Crippen molar-refractivity contribution in [1.82, 2.24) is 30.4 Å². The first-order chi connectivity index (χ1) is 29.1. The number of hydrogen-bond acceptors (Lipinski definition) is 10. The number of pyridine rings is 2. The second-order valence-electron chi connectivity index (χ2n) is 18.0. The molecule has 2 atom stereocenters. The van der Waals surface area contributed by atoms with Crippen LogP contribution < -0.4 is 21.3 Å². The summed E-state index contributed by atoms with van der Waals surface area (Å²) in [5.74, 6) is 2.49. The summed E-state index contributed by atoms with van der Waals surface area (Å²) in [6.45, 7) is 12.4. The monoisotopic (exact) mass is 821 g/mol. The Kier molecular flexibility index (Phi) is 14.9. The number of carbonyl (C=O) groups is 2. The number of aromatic nitrogens is 2. The lowest BCUT2D eigenvalue weighted by atomic mass is 9.80. The molecule has 324 valence electrons. The minimum atomic E-state index is -0.137. The number of amides is 2. The molecule has 4 aliphatic rings. The molecule has 2 aromatic carbocycles. The van der Waals surface area contributed by atoms with E-state index in [4.69, 9.17) is 0 Å². The highest BCUT2D eigenvalue weighted by Gasteiger charge is 2.37. The number of aliphatic hydroxyl groups excluding tert-OH is 2. The van der Waals surface area contributed by atoms with Gasteiger partial charge in [-0.05, 0) is 125 Å². The van der Waals surface area contributed by atoms with Gasteiger partial charge in [-0.15, -0.1) is 0 Å². The molecule has 2 aliphatic carbocycles. The summed E-state index contributed by atoms with van der Waals surface area (Å²) in [7, 11) is 0. The minimum absolute atomic E-state index is 0.0147. The maximum absolute atomic E-state index is 12.4. The highest BCUT2D eigenvalue weighted by molar-refractivity contribution is 5.94. The van der Waals surface area contributed by atoms with Crippen LogP contribution in [0, 0.1) is 25.7 Å². The standard InChI is InChI=1S/2C24H34N4O2/c2*1-3-22(29)18-6-8-20(9-7-18)28-14-19(15-28)27-23(30)13-26-24-21-12-16(2)4-5-17(21)10-11-25-24/h2*4-5,10-12,18-20,22,29H,3,6-9,13-15H2,1-2H3,(H,25,26)(H,27,30). The van der Waals surface area contributed by atoms with Crippen LogP contribution >= 0.6 is 0 Å². The topological polar surface area (TPSA) is 155 Å². The van der Waals surface area contributed by atoms with Gasteiger partial charge in [-0.2, -0.15) is 0 Å². The van der Waals surface area contributed by atoms with Gasteiger partial charge in [0.1, 0.15) is 11.6 Å². The molecule has 2 aliphatic heterocycles. The highest BCUT2D eigenvalue weighted by atomic mass is 16.3. The highest BCUT2D eigenvalue weighted by Crippen LogP contribution is 2.34. The fourth-order valence-electron chi connectivity index (χ4n) is 9.91. The molecule has 2 amide bonds. The number of likely N-dealkylation sites (tertiary alicyclic amines) is 2. The molecule has 12 nitrogen and oxygen atoms in total. The molecule has 0 radical (unpaired) electrons. The third kappa shape index (κ3) is 11.1. The summed E-state index contributed by atoms with van der Waals surface area (Å²) >= 11 is 0. The van der Waals surface area contributed by atoms with Crippen molar-refractivity contribution in [2.24, 2.45) is 11.8 Å². The summed E-state index contributed by atoms with van der Waals surface area (Å²) in [5.41, 5.74) is 2.35. The van der Waals surface area contributed by atoms with Crippen molar-refractivity contribution in [2.75, 3.05) is 49.9 Å². The Balaban J connectivity index is 0.000000181. The second kappa shape index (κ2) is 20.5. The largest absolute Gasteiger partial charge is 0.393 e. The van der Waals surface area contributed by atoms with Gasteiger partial charge in [-0.3, -0.25) is 19.4 Å². The first-order valence-electron chi connectivity index (χ1n) is 22.7. The summed E-state index contributed by atoms with van der Waals surface area (Å²) < 4.78 is 0. The molecule has 0 spiro atoms. The zero-order valence-corrected chi connectivity index (χ0v) is 36.2. The molecule has 2 saturated carbocycles. The van der Waals surface area contributed by atoms with Crippen molar-refractivity contribution in [2.45, 2.75) is 128 Å². The third-order valence-corrected chi connectivity index (χ3v) is 13.7. The van der Waals surface area contributed by atoms with Gasteiger partial charge < -0.3 is 31.5 Å². The van der Waals surface area contributed by atoms with Gasteiger partial charge in [-0.1, -0.05) is 49.2 Å². The zero-order valence-electron chi connectivity index (χ0n) is 36.2. The normalized spacial score (nSPS) is 23.7. The average Bonchev–Trinajstić information content (AvgIpc) is 3.24. The van der Waals surface area contributed by atoms with Gasteiger partial charge in [0.15, 0.2) is 0 Å². The number of nitrogens with one attached hydrogen (secondary N) is 4. The van der Waals surface area contributed by atoms with Crippen molar-refractivity contribution in [3.63, 3.8) is 0 Å². The Hall–Kier alpha value is -4.36. The smallest absolute Gasteiger partial charge is 0.239 e. The molecule has 2 saturated heterocycles. The molecule has 2 aromatic heterocycles. The molecule has 4 heterocycles. The third-order valence-electron chi connectivity index (χ3n) is 13.7. The van der Waals surface area contributed by atoms with Crippen LogP contribution in [0.3, 0.4) is 0 Å². The van der Waals surface area contributed by atoms with Crippen LogP contribution in [0.5, 0.6) is 0 Å². The Morgan fingerprint density at radius 2 is 1.00 bits per heavy atom. The molecular weight excluding hydrogens is 753 g/mol. The first kappa shape index (κ1) is 43.7. The molecule has 6 N–H and O–H groups in total. The maximum atomic E-state index is 12.4. The summed E-state index contributed by atoms with van der Waals surface area (Å²) in [6, 6.07) is 18.2. The number of carbonyl (C=O) groups excluding carboxylic acids is 2. The van der Waals surface area contributed by atoms with E-state index in [1.54, 1.807) is 12.4 Å². The molecule has 8 rings (SSSR count). The molecule has 0 bridgehead atoms. The van der Waals surface area contributed by atoms with Gasteiger partial charge >= 0.3 is 0 Å². The quantitative estimate of drug-likeness (QED) is 0.0871.